The Kier molecular flexibility index (Phi) is 8.69. The van der Waals surface area contributed by atoms with E-state index in [2.05, 4.69) is 64.1 Å². The van der Waals surface area contributed by atoms with Crippen molar-refractivity contribution in [1.82, 2.24) is 0 Å². The first-order chi connectivity index (χ1) is 20.6. The molecule has 6 heteroatoms. The normalized spacial score (nSPS) is 25.8. The molecule has 0 amide bonds. The van der Waals surface area contributed by atoms with Gasteiger partial charge < -0.3 is 18.9 Å². The first-order valence-corrected chi connectivity index (χ1v) is 17.7. The maximum Gasteiger partial charge on any atom is 0.358 e. The Morgan fingerprint density at radius 3 is 2.05 bits per heavy atom. The lowest BCUT2D eigenvalue weighted by Gasteiger charge is -2.59. The number of halogens is 1. The van der Waals surface area contributed by atoms with E-state index in [4.69, 9.17) is 18.9 Å². The van der Waals surface area contributed by atoms with E-state index in [0.29, 0.717) is 24.2 Å². The van der Waals surface area contributed by atoms with Crippen molar-refractivity contribution in [3.05, 3.63) is 85.0 Å². The van der Waals surface area contributed by atoms with Gasteiger partial charge in [-0.3, -0.25) is 0 Å². The molecule has 0 unspecified atom stereocenters. The summed E-state index contributed by atoms with van der Waals surface area (Å²) in [7, 11) is 1.67. The fourth-order valence-electron chi connectivity index (χ4n) is 7.51. The van der Waals surface area contributed by atoms with Crippen LogP contribution in [0, 0.1) is 30.8 Å². The molecule has 0 heterocycles. The van der Waals surface area contributed by atoms with Gasteiger partial charge in [-0.2, -0.15) is 0 Å². The maximum absolute atomic E-state index is 12.8. The molecule has 0 aromatic heterocycles. The molecule has 4 bridgehead atoms. The van der Waals surface area contributed by atoms with Gasteiger partial charge in [0.25, 0.3) is 0 Å². The van der Waals surface area contributed by atoms with Crippen LogP contribution in [0.15, 0.2) is 66.7 Å². The Bertz CT molecular complexity index is 1390. The lowest BCUT2D eigenvalue weighted by molar-refractivity contribution is -0.597. The van der Waals surface area contributed by atoms with E-state index in [1.807, 2.05) is 30.3 Å². The largest absolute Gasteiger partial charge is 0.493 e. The van der Waals surface area contributed by atoms with Crippen molar-refractivity contribution in [2.45, 2.75) is 77.4 Å². The summed E-state index contributed by atoms with van der Waals surface area (Å²) >= 11 is -0.340. The number of esters is 1. The molecule has 3 aromatic carbocycles. The second-order valence-electron chi connectivity index (χ2n) is 13.8. The zero-order chi connectivity index (χ0) is 30.2. The number of carbonyl (C=O) groups is 1. The van der Waals surface area contributed by atoms with Gasteiger partial charge in [-0.25, -0.2) is 4.79 Å². The lowest BCUT2D eigenvalue weighted by Crippen LogP contribution is -3.61. The Balaban J connectivity index is 1.01. The molecule has 228 valence electrons. The fourth-order valence-corrected chi connectivity index (χ4v) is 9.74. The van der Waals surface area contributed by atoms with Gasteiger partial charge >= 0.3 is 27.2 Å². The molecule has 0 aliphatic heterocycles. The van der Waals surface area contributed by atoms with Crippen molar-refractivity contribution in [2.24, 2.45) is 23.7 Å². The molecule has 3 aromatic rings. The Morgan fingerprint density at radius 2 is 1.44 bits per heavy atom. The zero-order valence-electron chi connectivity index (χ0n) is 26.0. The molecule has 4 fully saturated rings. The molecule has 4 saturated carbocycles. The summed E-state index contributed by atoms with van der Waals surface area (Å²) < 4.78 is 26.4. The number of rotatable bonds is 10. The number of benzene rings is 3. The van der Waals surface area contributed by atoms with Gasteiger partial charge in [0.05, 0.1) is 7.11 Å². The molecule has 4 aliphatic rings. The van der Waals surface area contributed by atoms with E-state index in [-0.39, 0.29) is 44.8 Å². The van der Waals surface area contributed by atoms with Gasteiger partial charge in [-0.1, -0.05) is 45.0 Å². The van der Waals surface area contributed by atoms with E-state index in [1.54, 1.807) is 7.11 Å². The number of ether oxygens (including phenoxy) is 4. The van der Waals surface area contributed by atoms with Crippen LogP contribution in [0.5, 0.6) is 17.2 Å². The highest BCUT2D eigenvalue weighted by Crippen LogP contribution is 2.59. The third-order valence-corrected chi connectivity index (χ3v) is 12.5. The summed E-state index contributed by atoms with van der Waals surface area (Å²) in [4.78, 5) is 12.8. The lowest BCUT2D eigenvalue weighted by atomic mass is 9.50. The third-order valence-electron chi connectivity index (χ3n) is 9.82. The molecule has 4 aliphatic carbocycles. The maximum atomic E-state index is 12.8. The van der Waals surface area contributed by atoms with Gasteiger partial charge in [-0.05, 0) is 116 Å². The number of hydrogen-bond donors (Lipinski definition) is 0. The summed E-state index contributed by atoms with van der Waals surface area (Å²) in [6, 6.07) is 23.0. The van der Waals surface area contributed by atoms with Crippen molar-refractivity contribution in [3.63, 3.8) is 0 Å². The molecular weight excluding hydrogens is 651 g/mol. The predicted octanol–water partition coefficient (Wildman–Crippen LogP) is 4.84. The summed E-state index contributed by atoms with van der Waals surface area (Å²) in [5.74, 6) is 4.56. The Morgan fingerprint density at radius 1 is 0.814 bits per heavy atom. The van der Waals surface area contributed by atoms with Gasteiger partial charge in [0, 0.05) is 6.07 Å². The number of carbonyl (C=O) groups excluding carboxylic acids is 1. The highest BCUT2D eigenvalue weighted by Gasteiger charge is 2.57. The molecular formula is C37H44IO5+. The van der Waals surface area contributed by atoms with Crippen LogP contribution in [0.1, 0.15) is 70.9 Å². The summed E-state index contributed by atoms with van der Waals surface area (Å²) in [6.07, 6.45) is 6.23. The van der Waals surface area contributed by atoms with E-state index >= 15 is 0 Å². The van der Waals surface area contributed by atoms with E-state index in [0.717, 1.165) is 28.9 Å². The van der Waals surface area contributed by atoms with Crippen LogP contribution >= 0.6 is 0 Å². The minimum atomic E-state index is -0.340. The van der Waals surface area contributed by atoms with E-state index < -0.39 is 0 Å². The first kappa shape index (κ1) is 30.3. The van der Waals surface area contributed by atoms with Crippen molar-refractivity contribution < 1.29 is 44.9 Å². The first-order valence-electron chi connectivity index (χ1n) is 15.6. The van der Waals surface area contributed by atoms with Crippen LogP contribution in [-0.4, -0.2) is 25.3 Å². The van der Waals surface area contributed by atoms with Gasteiger partial charge in [0.1, 0.15) is 18.0 Å². The molecule has 7 rings (SSSR count). The van der Waals surface area contributed by atoms with Crippen molar-refractivity contribution in [2.75, 3.05) is 13.7 Å². The summed E-state index contributed by atoms with van der Waals surface area (Å²) in [5, 5.41) is 0. The van der Waals surface area contributed by atoms with Gasteiger partial charge in [0.15, 0.2) is 25.2 Å². The smallest absolute Gasteiger partial charge is 0.358 e. The molecule has 0 radical (unpaired) electrons. The molecule has 0 N–H and O–H groups in total. The molecule has 43 heavy (non-hydrogen) atoms. The van der Waals surface area contributed by atoms with Crippen LogP contribution in [0.4, 0.5) is 0 Å². The Hall–Kier alpha value is -2.74. The second-order valence-corrected chi connectivity index (χ2v) is 16.9. The third kappa shape index (κ3) is 6.84. The van der Waals surface area contributed by atoms with Crippen LogP contribution in [0.2, 0.25) is 0 Å². The van der Waals surface area contributed by atoms with Crippen LogP contribution in [0.3, 0.4) is 0 Å². The quantitative estimate of drug-likeness (QED) is 0.225. The number of hydrogen-bond acceptors (Lipinski definition) is 5. The van der Waals surface area contributed by atoms with Crippen LogP contribution < -0.4 is 35.4 Å². The Labute approximate surface area is 266 Å². The predicted molar refractivity (Wildman–Crippen MR) is 163 cm³/mol. The number of methoxy groups -OCH3 is 1. The highest BCUT2D eigenvalue weighted by molar-refractivity contribution is 5.71. The average Bonchev–Trinajstić information content (AvgIpc) is 2.98. The van der Waals surface area contributed by atoms with Gasteiger partial charge in [0.2, 0.25) is 0 Å². The minimum absolute atomic E-state index is 0.0657. The van der Waals surface area contributed by atoms with Gasteiger partial charge in [-0.15, -0.1) is 0 Å². The van der Waals surface area contributed by atoms with Crippen LogP contribution in [-0.2, 0) is 21.6 Å². The zero-order valence-corrected chi connectivity index (χ0v) is 28.2. The second kappa shape index (κ2) is 12.3. The summed E-state index contributed by atoms with van der Waals surface area (Å²) in [5.41, 5.74) is 2.19. The minimum Gasteiger partial charge on any atom is -0.493 e. The molecule has 0 spiro atoms. The SMILES string of the molecule is COc1ccc([I+]c2ccc(C(C)(C)C)cc2)cc1OCc1ccc(OCC(=O)OC2(C)C3CC4CC(C3)CC2C4)cc1. The van der Waals surface area contributed by atoms with E-state index in [9.17, 15) is 4.79 Å². The fraction of sp³-hybridized carbons (Fsp3) is 0.486. The van der Waals surface area contributed by atoms with Crippen LogP contribution in [0.25, 0.3) is 0 Å². The monoisotopic (exact) mass is 695 g/mol. The highest BCUT2D eigenvalue weighted by atomic mass is 127. The van der Waals surface area contributed by atoms with Crippen molar-refractivity contribution >= 4 is 5.97 Å². The molecule has 0 atom stereocenters. The molecule has 0 saturated heterocycles. The standard InChI is InChI=1S/C37H44IO5/c1-36(2,3)27-8-10-30(11-9-27)38-31-12-15-33(40-5)34(21-31)42-22-24-6-13-32(14-7-24)41-23-35(39)43-37(4)28-17-25-16-26(19-28)20-29(37)18-25/h6-15,21,25-26,28-29H,16-20,22-23H2,1-5H3/q+1. The summed E-state index contributed by atoms with van der Waals surface area (Å²) in [6.45, 7) is 9.23. The van der Waals surface area contributed by atoms with Crippen molar-refractivity contribution in [3.8, 4) is 17.2 Å². The van der Waals surface area contributed by atoms with E-state index in [1.165, 1.54) is 44.8 Å². The molecule has 5 nitrogen and oxygen atoms in total. The van der Waals surface area contributed by atoms with Crippen molar-refractivity contribution in [1.29, 1.82) is 0 Å². The average molecular weight is 696 g/mol. The topological polar surface area (TPSA) is 54.0 Å².